The normalized spacial score (nSPS) is 20.0. The Morgan fingerprint density at radius 1 is 0.643 bits per heavy atom. The van der Waals surface area contributed by atoms with E-state index in [0.717, 1.165) is 12.8 Å². The molecule has 0 aromatic carbocycles. The molecule has 0 nitrogen and oxygen atoms in total. The number of hydrogen-bond acceptors (Lipinski definition) is 0. The number of rotatable bonds is 0. The molecule has 4 aliphatic rings. The summed E-state index contributed by atoms with van der Waals surface area (Å²) >= 11 is 1.36. The van der Waals surface area contributed by atoms with E-state index in [0.29, 0.717) is 0 Å². The van der Waals surface area contributed by atoms with Gasteiger partial charge in [-0.3, -0.25) is 12.2 Å². The Hall–Kier alpha value is 0.0600. The van der Waals surface area contributed by atoms with Gasteiger partial charge in [0.2, 0.25) is 0 Å². The second kappa shape index (κ2) is 20.3. The van der Waals surface area contributed by atoms with Gasteiger partial charge in [-0.05, 0) is 0 Å². The van der Waals surface area contributed by atoms with Gasteiger partial charge in [-0.2, -0.15) is 36.8 Å². The first-order valence-corrected chi connectivity index (χ1v) is 15.1. The molecule has 0 N–H and O–H groups in total. The first-order chi connectivity index (χ1) is 13.6. The van der Waals surface area contributed by atoms with Gasteiger partial charge in [0, 0.05) is 0 Å². The number of hydrogen-bond donors (Lipinski definition) is 0. The first kappa shape index (κ1) is 28.1. The van der Waals surface area contributed by atoms with E-state index in [2.05, 4.69) is 71.7 Å². The molecule has 0 aromatic rings. The molecule has 4 rings (SSSR count). The quantitative estimate of drug-likeness (QED) is 0.247. The van der Waals surface area contributed by atoms with E-state index in [1.165, 1.54) is 110 Å². The van der Waals surface area contributed by atoms with E-state index >= 15 is 0 Å². The van der Waals surface area contributed by atoms with Crippen LogP contribution in [-0.4, -0.2) is 6.88 Å². The molecular weight excluding hydrogens is 432 g/mol. The zero-order valence-electron chi connectivity index (χ0n) is 18.8. The summed E-state index contributed by atoms with van der Waals surface area (Å²) in [5.41, 5.74) is 5.44. The second-order valence-electron chi connectivity index (χ2n) is 7.91. The van der Waals surface area contributed by atoms with Crippen molar-refractivity contribution in [3.63, 3.8) is 0 Å². The predicted octanol–water partition coefficient (Wildman–Crippen LogP) is 8.10. The molecule has 0 aromatic heterocycles. The molecule has 156 valence electrons. The SMILES string of the molecule is CC1=[C-]CC(C)=C1.CC1=[C-]CC(C)=C1.[CH-]1CCCCC1.[CH-]1CCCCC1.[Si]=[Zr]. The van der Waals surface area contributed by atoms with Crippen molar-refractivity contribution >= 4 is 6.88 Å². The van der Waals surface area contributed by atoms with Gasteiger partial charge in [-0.15, -0.1) is 12.8 Å². The third-order valence-corrected chi connectivity index (χ3v) is 4.85. The van der Waals surface area contributed by atoms with E-state index in [1.807, 2.05) is 0 Å². The Morgan fingerprint density at radius 3 is 1.04 bits per heavy atom. The number of allylic oxidation sites excluding steroid dienone is 8. The molecule has 4 aliphatic carbocycles. The van der Waals surface area contributed by atoms with Gasteiger partial charge >= 0.3 is 30.2 Å². The van der Waals surface area contributed by atoms with Gasteiger partial charge in [0.05, 0.1) is 0 Å². The molecule has 0 unspecified atom stereocenters. The van der Waals surface area contributed by atoms with Crippen LogP contribution in [0, 0.1) is 25.0 Å². The fourth-order valence-electron chi connectivity index (χ4n) is 3.30. The predicted molar refractivity (Wildman–Crippen MR) is 122 cm³/mol. The summed E-state index contributed by atoms with van der Waals surface area (Å²) < 4.78 is 0. The van der Waals surface area contributed by atoms with Crippen molar-refractivity contribution in [2.75, 3.05) is 0 Å². The molecule has 0 saturated heterocycles. The van der Waals surface area contributed by atoms with Crippen molar-refractivity contribution < 1.29 is 23.3 Å². The Bertz CT molecular complexity index is 434. The van der Waals surface area contributed by atoms with Crippen molar-refractivity contribution in [2.45, 2.75) is 105 Å². The molecular formula is C26H40SiZr-4. The molecule has 0 atom stereocenters. The van der Waals surface area contributed by atoms with Gasteiger partial charge in [0.25, 0.3) is 0 Å². The summed E-state index contributed by atoms with van der Waals surface area (Å²) in [5, 5.41) is 0. The summed E-state index contributed by atoms with van der Waals surface area (Å²) in [7, 11) is 0. The second-order valence-corrected chi connectivity index (χ2v) is 7.91. The molecule has 0 spiro atoms. The van der Waals surface area contributed by atoms with Crippen LogP contribution >= 0.6 is 0 Å². The monoisotopic (exact) mass is 470 g/mol. The fourth-order valence-corrected chi connectivity index (χ4v) is 3.30. The third kappa shape index (κ3) is 18.1. The van der Waals surface area contributed by atoms with Crippen LogP contribution in [0.4, 0.5) is 0 Å². The van der Waals surface area contributed by atoms with E-state index in [-0.39, 0.29) is 0 Å². The molecule has 0 aliphatic heterocycles. The topological polar surface area (TPSA) is 0 Å². The fraction of sp³-hybridized carbons (Fsp3) is 0.615. The zero-order valence-corrected chi connectivity index (χ0v) is 22.3. The minimum atomic E-state index is 1.05. The summed E-state index contributed by atoms with van der Waals surface area (Å²) in [5.74, 6) is 0. The molecule has 0 amide bonds. The summed E-state index contributed by atoms with van der Waals surface area (Å²) in [6.45, 7) is 11.5. The Kier molecular flexibility index (Phi) is 20.4. The van der Waals surface area contributed by atoms with Crippen molar-refractivity contribution in [3.05, 3.63) is 59.4 Å². The molecule has 28 heavy (non-hydrogen) atoms. The van der Waals surface area contributed by atoms with Crippen molar-refractivity contribution in [2.24, 2.45) is 0 Å². The molecule has 2 radical (unpaired) electrons. The molecule has 2 heteroatoms. The van der Waals surface area contributed by atoms with Crippen LogP contribution < -0.4 is 0 Å². The van der Waals surface area contributed by atoms with Crippen LogP contribution in [-0.2, 0) is 23.3 Å². The summed E-state index contributed by atoms with van der Waals surface area (Å²) in [6.07, 6.45) is 31.8. The Balaban J connectivity index is 0.000000338. The molecule has 0 heterocycles. The average molecular weight is 472 g/mol. The first-order valence-electron chi connectivity index (χ1n) is 11.0. The molecule has 0 bridgehead atoms. The summed E-state index contributed by atoms with van der Waals surface area (Å²) in [6, 6.07) is 0. The van der Waals surface area contributed by atoms with Gasteiger partial charge in [-0.25, -0.2) is 23.3 Å². The van der Waals surface area contributed by atoms with Crippen LogP contribution in [0.1, 0.15) is 105 Å². The van der Waals surface area contributed by atoms with Crippen LogP contribution in [0.25, 0.3) is 0 Å². The maximum atomic E-state index is 3.19. The van der Waals surface area contributed by atoms with Crippen molar-refractivity contribution in [1.82, 2.24) is 0 Å². The maximum absolute atomic E-state index is 3.19. The van der Waals surface area contributed by atoms with Crippen molar-refractivity contribution in [3.8, 4) is 0 Å². The van der Waals surface area contributed by atoms with E-state index < -0.39 is 0 Å². The molecule has 2 saturated carbocycles. The van der Waals surface area contributed by atoms with E-state index in [9.17, 15) is 0 Å². The van der Waals surface area contributed by atoms with Gasteiger partial charge in [0.1, 0.15) is 0 Å². The Labute approximate surface area is 193 Å². The van der Waals surface area contributed by atoms with Crippen LogP contribution in [0.3, 0.4) is 0 Å². The Morgan fingerprint density at radius 2 is 0.964 bits per heavy atom. The summed E-state index contributed by atoms with van der Waals surface area (Å²) in [4.78, 5) is 0. The standard InChI is InChI=1S/2C7H9.2C6H11.Si.Zr/c2*1-6-3-4-7(2)5-6;2*1-2-4-6-5-3-1;;/h2*5H,3H2,1-2H3;2*1H,2-6H2;;/q4*-1;;. The van der Waals surface area contributed by atoms with E-state index in [1.54, 1.807) is 0 Å². The third-order valence-electron chi connectivity index (χ3n) is 4.85. The minimum absolute atomic E-state index is 1.05. The average Bonchev–Trinajstić information content (AvgIpc) is 3.33. The van der Waals surface area contributed by atoms with Gasteiger partial charge in [-0.1, -0.05) is 66.2 Å². The van der Waals surface area contributed by atoms with Gasteiger partial charge in [0.15, 0.2) is 0 Å². The van der Waals surface area contributed by atoms with Gasteiger partial charge < -0.3 is 12.8 Å². The zero-order chi connectivity index (χ0) is 21.0. The van der Waals surface area contributed by atoms with Crippen LogP contribution in [0.5, 0.6) is 0 Å². The van der Waals surface area contributed by atoms with Crippen LogP contribution in [0.2, 0.25) is 0 Å². The molecule has 2 fully saturated rings. The van der Waals surface area contributed by atoms with E-state index in [4.69, 9.17) is 0 Å². The van der Waals surface area contributed by atoms with Crippen LogP contribution in [0.15, 0.2) is 34.4 Å². The van der Waals surface area contributed by atoms with Crippen molar-refractivity contribution in [1.29, 1.82) is 0 Å².